The number of hydrogen-bond acceptors (Lipinski definition) is 4. The second kappa shape index (κ2) is 11.5. The molecule has 1 N–H and O–H groups in total. The van der Waals surface area contributed by atoms with E-state index in [-0.39, 0.29) is 17.9 Å². The van der Waals surface area contributed by atoms with E-state index in [1.165, 1.54) is 5.19 Å². The zero-order chi connectivity index (χ0) is 22.0. The number of esters is 1. The average Bonchev–Trinajstić information content (AvgIpc) is 2.76. The summed E-state index contributed by atoms with van der Waals surface area (Å²) in [5.74, 6) is -0.294. The van der Waals surface area contributed by atoms with Crippen LogP contribution in [0.1, 0.15) is 37.9 Å². The minimum absolute atomic E-state index is 0.0552. The van der Waals surface area contributed by atoms with Crippen LogP contribution in [0.25, 0.3) is 10.4 Å². The van der Waals surface area contributed by atoms with Crippen LogP contribution >= 0.6 is 0 Å². The molecule has 7 heteroatoms. The van der Waals surface area contributed by atoms with Gasteiger partial charge in [0.05, 0.1) is 20.8 Å². The molecular weight excluding hydrogens is 394 g/mol. The highest BCUT2D eigenvalue weighted by Crippen LogP contribution is 2.38. The first-order chi connectivity index (χ1) is 14.4. The van der Waals surface area contributed by atoms with Gasteiger partial charge in [-0.25, -0.2) is 0 Å². The maximum atomic E-state index is 11.9. The summed E-state index contributed by atoms with van der Waals surface area (Å²) >= 11 is 0. The summed E-state index contributed by atoms with van der Waals surface area (Å²) in [4.78, 5) is 15.0. The molecule has 2 aromatic rings. The SMILES string of the molecule is CCOC(=O)CCC(N=[N+]=[N-])[C@H](C[C@H](O)c1ccccc1)[Si](C)(C)c1ccccc1. The van der Waals surface area contributed by atoms with E-state index in [1.54, 1.807) is 6.92 Å². The van der Waals surface area contributed by atoms with Crippen LogP contribution in [0.15, 0.2) is 65.8 Å². The number of aliphatic hydroxyl groups is 1. The van der Waals surface area contributed by atoms with Crippen molar-refractivity contribution in [2.75, 3.05) is 6.61 Å². The normalized spacial score (nSPS) is 14.3. The molecule has 2 aromatic carbocycles. The molecule has 0 saturated heterocycles. The molecule has 0 saturated carbocycles. The van der Waals surface area contributed by atoms with Crippen molar-refractivity contribution in [2.45, 2.75) is 57.0 Å². The Morgan fingerprint density at radius 2 is 1.73 bits per heavy atom. The van der Waals surface area contributed by atoms with E-state index in [2.05, 4.69) is 35.3 Å². The topological polar surface area (TPSA) is 95.3 Å². The van der Waals surface area contributed by atoms with Crippen molar-refractivity contribution >= 4 is 19.2 Å². The predicted molar refractivity (Wildman–Crippen MR) is 122 cm³/mol. The standard InChI is InChI=1S/C23H31N3O3Si/c1-4-29-23(28)16-15-20(25-26-24)22(17-21(27)18-11-7-5-8-12-18)30(2,3)19-13-9-6-10-14-19/h5-14,20-22,27H,4,15-17H2,1-3H3/t20?,21-,22-/m0/s1. The van der Waals surface area contributed by atoms with Crippen LogP contribution in [0.2, 0.25) is 18.6 Å². The van der Waals surface area contributed by atoms with Gasteiger partial charge in [-0.05, 0) is 36.4 Å². The van der Waals surface area contributed by atoms with Gasteiger partial charge in [-0.2, -0.15) is 0 Å². The molecule has 0 amide bonds. The van der Waals surface area contributed by atoms with Crippen LogP contribution < -0.4 is 5.19 Å². The molecule has 30 heavy (non-hydrogen) atoms. The highest BCUT2D eigenvalue weighted by Gasteiger charge is 2.40. The quantitative estimate of drug-likeness (QED) is 0.178. The van der Waals surface area contributed by atoms with Crippen molar-refractivity contribution in [1.29, 1.82) is 0 Å². The molecule has 0 bridgehead atoms. The summed E-state index contributed by atoms with van der Waals surface area (Å²) in [6, 6.07) is 19.3. The first kappa shape index (κ1) is 23.7. The van der Waals surface area contributed by atoms with Gasteiger partial charge < -0.3 is 9.84 Å². The largest absolute Gasteiger partial charge is 0.466 e. The van der Waals surface area contributed by atoms with E-state index in [0.717, 1.165) is 5.56 Å². The predicted octanol–water partition coefficient (Wildman–Crippen LogP) is 5.12. The summed E-state index contributed by atoms with van der Waals surface area (Å²) < 4.78 is 5.06. The molecule has 6 nitrogen and oxygen atoms in total. The molecular formula is C23H31N3O3Si. The molecule has 1 unspecified atom stereocenters. The third kappa shape index (κ3) is 6.45. The number of hydrogen-bond donors (Lipinski definition) is 1. The molecule has 160 valence electrons. The van der Waals surface area contributed by atoms with Crippen LogP contribution in [0.4, 0.5) is 0 Å². The molecule has 0 radical (unpaired) electrons. The Hall–Kier alpha value is -2.60. The maximum Gasteiger partial charge on any atom is 0.305 e. The minimum atomic E-state index is -2.17. The van der Waals surface area contributed by atoms with E-state index in [1.807, 2.05) is 48.5 Å². The number of azide groups is 1. The number of nitrogens with zero attached hydrogens (tertiary/aromatic N) is 3. The number of aliphatic hydroxyl groups excluding tert-OH is 1. The lowest BCUT2D eigenvalue weighted by atomic mass is 9.99. The second-order valence-electron chi connectivity index (χ2n) is 7.97. The van der Waals surface area contributed by atoms with Crippen molar-refractivity contribution in [1.82, 2.24) is 0 Å². The summed E-state index contributed by atoms with van der Waals surface area (Å²) in [5.41, 5.74) is 10.0. The fraction of sp³-hybridized carbons (Fsp3) is 0.435. The molecule has 0 aliphatic carbocycles. The lowest BCUT2D eigenvalue weighted by Gasteiger charge is -2.38. The number of rotatable bonds is 11. The summed E-state index contributed by atoms with van der Waals surface area (Å²) in [5, 5.41) is 16.3. The van der Waals surface area contributed by atoms with Gasteiger partial charge in [-0.3, -0.25) is 4.79 Å². The monoisotopic (exact) mass is 425 g/mol. The third-order valence-electron chi connectivity index (χ3n) is 5.72. The molecule has 0 fully saturated rings. The molecule has 0 aliphatic rings. The van der Waals surface area contributed by atoms with Crippen LogP contribution in [0.3, 0.4) is 0 Å². The van der Waals surface area contributed by atoms with E-state index >= 15 is 0 Å². The van der Waals surface area contributed by atoms with Gasteiger partial charge in [-0.15, -0.1) is 0 Å². The summed E-state index contributed by atoms with van der Waals surface area (Å²) in [6.45, 7) is 6.56. The lowest BCUT2D eigenvalue weighted by Crippen LogP contribution is -2.50. The Kier molecular flexibility index (Phi) is 9.11. The Balaban J connectivity index is 2.36. The summed E-state index contributed by atoms with van der Waals surface area (Å²) in [7, 11) is -2.17. The lowest BCUT2D eigenvalue weighted by molar-refractivity contribution is -0.143. The van der Waals surface area contributed by atoms with Gasteiger partial charge in [0.25, 0.3) is 0 Å². The fourth-order valence-electron chi connectivity index (χ4n) is 3.97. The Labute approximate surface area is 179 Å². The van der Waals surface area contributed by atoms with Crippen LogP contribution in [0.5, 0.6) is 0 Å². The van der Waals surface area contributed by atoms with Gasteiger partial charge in [0.15, 0.2) is 0 Å². The van der Waals surface area contributed by atoms with Crippen molar-refractivity contribution in [3.63, 3.8) is 0 Å². The van der Waals surface area contributed by atoms with Crippen molar-refractivity contribution in [2.24, 2.45) is 5.11 Å². The van der Waals surface area contributed by atoms with Crippen LogP contribution in [-0.4, -0.2) is 31.8 Å². The highest BCUT2D eigenvalue weighted by atomic mass is 28.3. The molecule has 0 aliphatic heterocycles. The second-order valence-corrected chi connectivity index (χ2v) is 12.7. The molecule has 0 aromatic heterocycles. The van der Waals surface area contributed by atoms with Gasteiger partial charge >= 0.3 is 5.97 Å². The Morgan fingerprint density at radius 3 is 2.30 bits per heavy atom. The zero-order valence-electron chi connectivity index (χ0n) is 17.9. The van der Waals surface area contributed by atoms with Gasteiger partial charge in [-0.1, -0.05) is 84.1 Å². The van der Waals surface area contributed by atoms with E-state index in [4.69, 9.17) is 4.74 Å². The molecule has 2 rings (SSSR count). The zero-order valence-corrected chi connectivity index (χ0v) is 18.9. The molecule has 0 heterocycles. The smallest absolute Gasteiger partial charge is 0.305 e. The van der Waals surface area contributed by atoms with Crippen molar-refractivity contribution < 1.29 is 14.6 Å². The van der Waals surface area contributed by atoms with Crippen molar-refractivity contribution in [3.05, 3.63) is 76.7 Å². The van der Waals surface area contributed by atoms with E-state index in [0.29, 0.717) is 19.4 Å². The number of carbonyl (C=O) groups excluding carboxylic acids is 1. The Morgan fingerprint density at radius 1 is 1.13 bits per heavy atom. The van der Waals surface area contributed by atoms with Crippen LogP contribution in [-0.2, 0) is 9.53 Å². The van der Waals surface area contributed by atoms with Gasteiger partial charge in [0, 0.05) is 17.4 Å². The maximum absolute atomic E-state index is 11.9. The number of carbonyl (C=O) groups is 1. The van der Waals surface area contributed by atoms with Crippen molar-refractivity contribution in [3.8, 4) is 0 Å². The third-order valence-corrected chi connectivity index (χ3v) is 10.0. The average molecular weight is 426 g/mol. The fourth-order valence-corrected chi connectivity index (χ4v) is 7.46. The number of ether oxygens (including phenoxy) is 1. The Bertz CT molecular complexity index is 839. The first-order valence-electron chi connectivity index (χ1n) is 10.4. The van der Waals surface area contributed by atoms with Crippen LogP contribution in [0, 0.1) is 0 Å². The van der Waals surface area contributed by atoms with E-state index in [9.17, 15) is 15.4 Å². The summed E-state index contributed by atoms with van der Waals surface area (Å²) in [6.07, 6.45) is 0.378. The minimum Gasteiger partial charge on any atom is -0.466 e. The van der Waals surface area contributed by atoms with Gasteiger partial charge in [0.2, 0.25) is 0 Å². The van der Waals surface area contributed by atoms with E-state index < -0.39 is 20.2 Å². The van der Waals surface area contributed by atoms with Gasteiger partial charge in [0.1, 0.15) is 0 Å². The highest BCUT2D eigenvalue weighted by molar-refractivity contribution is 6.91. The first-order valence-corrected chi connectivity index (χ1v) is 13.5. The molecule has 3 atom stereocenters. The molecule has 0 spiro atoms. The number of benzene rings is 2.